The van der Waals surface area contributed by atoms with E-state index in [1.165, 1.54) is 54.2 Å². The van der Waals surface area contributed by atoms with E-state index in [0.29, 0.717) is 0 Å². The first-order chi connectivity index (χ1) is 33.8. The van der Waals surface area contributed by atoms with Crippen LogP contribution in [0.2, 0.25) is 0 Å². The van der Waals surface area contributed by atoms with Crippen LogP contribution in [0.1, 0.15) is 159 Å². The number of allylic oxidation sites excluding steroid dienone is 4. The second-order valence-electron chi connectivity index (χ2n) is 21.0. The summed E-state index contributed by atoms with van der Waals surface area (Å²) < 4.78 is 2.38. The van der Waals surface area contributed by atoms with Gasteiger partial charge in [-0.05, 0) is 120 Å². The van der Waals surface area contributed by atoms with Crippen molar-refractivity contribution in [1.82, 2.24) is 9.97 Å². The smallest absolute Gasteiger partial charge is 0.162 e. The average Bonchev–Trinajstić information content (AvgIpc) is 3.74. The van der Waals surface area contributed by atoms with Crippen LogP contribution in [0.4, 0.5) is 0 Å². The van der Waals surface area contributed by atoms with Crippen molar-refractivity contribution >= 4 is 64.9 Å². The molecule has 9 heteroatoms. The van der Waals surface area contributed by atoms with Crippen LogP contribution in [0.3, 0.4) is 0 Å². The Morgan fingerprint density at radius 1 is 0.507 bits per heavy atom. The Morgan fingerprint density at radius 2 is 0.836 bits per heavy atom. The number of hydrogen-bond donors (Lipinski definition) is 2. The Hall–Kier alpha value is -4.28. The minimum atomic E-state index is 0. The summed E-state index contributed by atoms with van der Waals surface area (Å²) in [6.45, 7) is 29.6. The fourth-order valence-electron chi connectivity index (χ4n) is 9.11. The molecule has 7 aromatic rings. The third-order valence-corrected chi connectivity index (χ3v) is 15.4. The van der Waals surface area contributed by atoms with Crippen molar-refractivity contribution in [1.29, 1.82) is 0 Å². The third-order valence-electron chi connectivity index (χ3n) is 14.2. The first kappa shape index (κ1) is 63.0. The Bertz CT molecular complexity index is 2780. The standard InChI is InChI=1S/C38H32N2S.2C13H24O2.2Pt/c1-37(2,3)25-15-19-31-23(21-25)13-17-33(39-31)29-11-7-9-27-28-10-8-12-30(36(28)41-35(27)29)34-18-14-24-22-26(38(4,5)6)16-20-32(24)40-34;2*1-5-10(6-2)12(14)9-13(15)11(7-3)8-4;;/h7-10,13-22H,1-6H3;2*9-11,14H,5-8H2,1-4H3;;/q-2;;;;/b;2*12-9-;;. The summed E-state index contributed by atoms with van der Waals surface area (Å²) in [5.74, 6) is 1.09. The van der Waals surface area contributed by atoms with E-state index in [9.17, 15) is 19.8 Å². The minimum Gasteiger partial charge on any atom is -0.512 e. The van der Waals surface area contributed by atoms with Gasteiger partial charge in [0.25, 0.3) is 0 Å². The quantitative estimate of drug-likeness (QED) is 0.0568. The minimum absolute atomic E-state index is 0. The Balaban J connectivity index is 0.000000366. The number of ketones is 2. The Morgan fingerprint density at radius 3 is 1.14 bits per heavy atom. The van der Waals surface area contributed by atoms with Crippen molar-refractivity contribution < 1.29 is 61.9 Å². The number of carbonyl (C=O) groups excluding carboxylic acids is 2. The second-order valence-corrected chi connectivity index (χ2v) is 22.0. The van der Waals surface area contributed by atoms with Crippen molar-refractivity contribution in [3.05, 3.63) is 132 Å². The van der Waals surface area contributed by atoms with Crippen molar-refractivity contribution in [2.45, 2.75) is 159 Å². The molecule has 2 N–H and O–H groups in total. The topological polar surface area (TPSA) is 100 Å². The molecule has 6 nitrogen and oxygen atoms in total. The summed E-state index contributed by atoms with van der Waals surface area (Å²) in [6.07, 6.45) is 9.81. The van der Waals surface area contributed by atoms with Crippen LogP contribution in [0.15, 0.2) is 109 Å². The van der Waals surface area contributed by atoms with Crippen LogP contribution in [-0.2, 0) is 62.5 Å². The fraction of sp³-hybridized carbons (Fsp3) is 0.438. The van der Waals surface area contributed by atoms with Crippen molar-refractivity contribution in [3.8, 4) is 22.5 Å². The second kappa shape index (κ2) is 28.6. The Labute approximate surface area is 470 Å². The molecule has 0 aliphatic heterocycles. The number of aromatic nitrogens is 2. The maximum absolute atomic E-state index is 11.7. The van der Waals surface area contributed by atoms with Gasteiger partial charge < -0.3 is 10.2 Å². The van der Waals surface area contributed by atoms with E-state index in [-0.39, 0.29) is 99.7 Å². The summed E-state index contributed by atoms with van der Waals surface area (Å²) >= 11 is 1.78. The molecule has 3 heterocycles. The molecule has 0 amide bonds. The molecule has 0 saturated carbocycles. The normalized spacial score (nSPS) is 12.2. The molecule has 0 bridgehead atoms. The van der Waals surface area contributed by atoms with Gasteiger partial charge in [0.1, 0.15) is 0 Å². The molecular weight excluding hydrogens is 1280 g/mol. The zero-order valence-corrected chi connectivity index (χ0v) is 51.2. The van der Waals surface area contributed by atoms with Crippen LogP contribution in [-0.4, -0.2) is 31.7 Å². The molecule has 0 aliphatic carbocycles. The largest absolute Gasteiger partial charge is 0.512 e. The van der Waals surface area contributed by atoms with Gasteiger partial charge in [-0.15, -0.1) is 58.3 Å². The first-order valence-electron chi connectivity index (χ1n) is 26.3. The van der Waals surface area contributed by atoms with E-state index in [1.807, 2.05) is 67.5 Å². The predicted molar refractivity (Wildman–Crippen MR) is 304 cm³/mol. The van der Waals surface area contributed by atoms with Gasteiger partial charge in [0.2, 0.25) is 0 Å². The predicted octanol–water partition coefficient (Wildman–Crippen LogP) is 18.4. The molecule has 73 heavy (non-hydrogen) atoms. The summed E-state index contributed by atoms with van der Waals surface area (Å²) in [5.41, 5.74) is 8.83. The number of rotatable bonds is 16. The van der Waals surface area contributed by atoms with Crippen LogP contribution >= 0.6 is 11.3 Å². The molecule has 0 fully saturated rings. The van der Waals surface area contributed by atoms with E-state index in [4.69, 9.17) is 9.97 Å². The molecule has 0 radical (unpaired) electrons. The third kappa shape index (κ3) is 15.9. The summed E-state index contributed by atoms with van der Waals surface area (Å²) in [6, 6.07) is 37.3. The van der Waals surface area contributed by atoms with Gasteiger partial charge in [0.05, 0.1) is 22.6 Å². The number of benzene rings is 4. The summed E-state index contributed by atoms with van der Waals surface area (Å²) in [7, 11) is 0. The van der Waals surface area contributed by atoms with Gasteiger partial charge in [0.15, 0.2) is 11.6 Å². The number of pyridine rings is 2. The van der Waals surface area contributed by atoms with Crippen LogP contribution < -0.4 is 0 Å². The molecule has 0 saturated heterocycles. The van der Waals surface area contributed by atoms with E-state index in [0.717, 1.165) is 84.9 Å². The monoisotopic (exact) mass is 1360 g/mol. The van der Waals surface area contributed by atoms with E-state index in [2.05, 4.69) is 126 Å². The number of carbonyl (C=O) groups is 2. The molecule has 0 spiro atoms. The van der Waals surface area contributed by atoms with Crippen molar-refractivity contribution in [3.63, 3.8) is 0 Å². The molecule has 3 aromatic heterocycles. The van der Waals surface area contributed by atoms with Gasteiger partial charge >= 0.3 is 0 Å². The van der Waals surface area contributed by atoms with Crippen molar-refractivity contribution in [2.75, 3.05) is 0 Å². The fourth-order valence-corrected chi connectivity index (χ4v) is 10.4. The van der Waals surface area contributed by atoms with E-state index < -0.39 is 0 Å². The van der Waals surface area contributed by atoms with Gasteiger partial charge in [0, 0.05) is 78.0 Å². The SMILES string of the molecule is CC(C)(C)c1ccc2nc(-c3[c-]ccc4c3sc3c(-c5ccc6cc(C(C)(C)C)ccc6n5)[c-]ccc34)ccc2c1.CCC(CC)C(=O)/C=C(\O)C(CC)CC.CCC(CC)C(=O)/C=C(\O)C(CC)CC.[Pt].[Pt]. The number of hydrogen-bond acceptors (Lipinski definition) is 7. The molecule has 7 rings (SSSR count). The van der Waals surface area contributed by atoms with Crippen LogP contribution in [0.5, 0.6) is 0 Å². The van der Waals surface area contributed by atoms with Gasteiger partial charge in [-0.1, -0.05) is 143 Å². The van der Waals surface area contributed by atoms with Crippen LogP contribution in [0.25, 0.3) is 64.5 Å². The zero-order valence-electron chi connectivity index (χ0n) is 45.8. The molecular formula is C64H80N2O4Pt2S-2. The number of nitrogens with zero attached hydrogens (tertiary/aromatic N) is 2. The van der Waals surface area contributed by atoms with Crippen molar-refractivity contribution in [2.24, 2.45) is 23.7 Å². The number of aliphatic hydroxyl groups excluding tert-OH is 2. The van der Waals surface area contributed by atoms with Gasteiger partial charge in [-0.3, -0.25) is 19.6 Å². The molecule has 398 valence electrons. The van der Waals surface area contributed by atoms with Crippen LogP contribution in [0, 0.1) is 35.8 Å². The number of fused-ring (bicyclic) bond motifs is 5. The number of aliphatic hydroxyl groups is 2. The molecule has 4 aromatic carbocycles. The average molecular weight is 1360 g/mol. The summed E-state index contributed by atoms with van der Waals surface area (Å²) in [5, 5.41) is 24.3. The molecule has 0 aliphatic rings. The molecule has 0 atom stereocenters. The Kier molecular flexibility index (Phi) is 24.7. The first-order valence-corrected chi connectivity index (χ1v) is 27.1. The maximum atomic E-state index is 11.7. The molecule has 0 unspecified atom stereocenters. The zero-order chi connectivity index (χ0) is 52.2. The van der Waals surface area contributed by atoms with Gasteiger partial charge in [-0.2, -0.15) is 0 Å². The maximum Gasteiger partial charge on any atom is 0.162 e. The number of thiophene rings is 1. The van der Waals surface area contributed by atoms with E-state index >= 15 is 0 Å². The van der Waals surface area contributed by atoms with E-state index in [1.54, 1.807) is 11.3 Å². The van der Waals surface area contributed by atoms with Gasteiger partial charge in [-0.25, -0.2) is 11.3 Å². The summed E-state index contributed by atoms with van der Waals surface area (Å²) in [4.78, 5) is 33.6.